The van der Waals surface area contributed by atoms with Crippen LogP contribution in [-0.2, 0) is 0 Å². The van der Waals surface area contributed by atoms with Gasteiger partial charge in [-0.25, -0.2) is 4.98 Å². The number of hydrogen-bond donors (Lipinski definition) is 2. The second kappa shape index (κ2) is 8.40. The molecule has 2 amide bonds. The fourth-order valence-corrected chi connectivity index (χ4v) is 3.65. The van der Waals surface area contributed by atoms with Gasteiger partial charge in [-0.3, -0.25) is 9.59 Å². The molecule has 31 heavy (non-hydrogen) atoms. The van der Waals surface area contributed by atoms with Crippen molar-refractivity contribution in [2.45, 2.75) is 13.8 Å². The minimum absolute atomic E-state index is 0.170. The number of hydrogen-bond acceptors (Lipinski definition) is 3. The van der Waals surface area contributed by atoms with E-state index in [1.54, 1.807) is 31.3 Å². The highest BCUT2D eigenvalue weighted by atomic mass is 16.2. The van der Waals surface area contributed by atoms with Gasteiger partial charge in [-0.15, -0.1) is 0 Å². The lowest BCUT2D eigenvalue weighted by Crippen LogP contribution is -2.18. The van der Waals surface area contributed by atoms with Gasteiger partial charge in [0.25, 0.3) is 11.8 Å². The van der Waals surface area contributed by atoms with Crippen LogP contribution < -0.4 is 10.6 Å². The summed E-state index contributed by atoms with van der Waals surface area (Å²) >= 11 is 0. The van der Waals surface area contributed by atoms with E-state index in [-0.39, 0.29) is 11.8 Å². The van der Waals surface area contributed by atoms with Crippen molar-refractivity contribution in [2.75, 3.05) is 12.4 Å². The third-order valence-electron chi connectivity index (χ3n) is 5.25. The Morgan fingerprint density at radius 3 is 2.29 bits per heavy atom. The summed E-state index contributed by atoms with van der Waals surface area (Å²) in [6.45, 7) is 4.10. The van der Waals surface area contributed by atoms with Crippen LogP contribution in [0.3, 0.4) is 0 Å². The molecule has 3 aromatic carbocycles. The zero-order chi connectivity index (χ0) is 22.0. The molecule has 0 unspecified atom stereocenters. The van der Waals surface area contributed by atoms with Gasteiger partial charge in [0.05, 0.1) is 16.8 Å². The smallest absolute Gasteiger partial charge is 0.256 e. The third-order valence-corrected chi connectivity index (χ3v) is 5.25. The summed E-state index contributed by atoms with van der Waals surface area (Å²) in [5.74, 6) is -0.395. The van der Waals surface area contributed by atoms with E-state index in [1.165, 1.54) is 5.56 Å². The molecule has 0 spiro atoms. The Morgan fingerprint density at radius 2 is 1.58 bits per heavy atom. The molecule has 0 saturated heterocycles. The van der Waals surface area contributed by atoms with Gasteiger partial charge in [-0.1, -0.05) is 42.0 Å². The molecule has 0 bridgehead atoms. The molecule has 5 nitrogen and oxygen atoms in total. The molecule has 0 aliphatic heterocycles. The van der Waals surface area contributed by atoms with Gasteiger partial charge in [0.15, 0.2) is 0 Å². The summed E-state index contributed by atoms with van der Waals surface area (Å²) in [5, 5.41) is 6.31. The summed E-state index contributed by atoms with van der Waals surface area (Å²) in [7, 11) is 1.58. The number of para-hydroxylation sites is 1. The SMILES string of the molecule is CNC(=O)c1ccc(NC(=O)c2cc(-c3ccc(C)cc3C)nc3ccccc23)cc1. The first-order valence-corrected chi connectivity index (χ1v) is 10.1. The van der Waals surface area contributed by atoms with Gasteiger partial charge in [-0.2, -0.15) is 0 Å². The van der Waals surface area contributed by atoms with Crippen molar-refractivity contribution < 1.29 is 9.59 Å². The van der Waals surface area contributed by atoms with Crippen LogP contribution in [0.5, 0.6) is 0 Å². The third kappa shape index (κ3) is 4.16. The molecule has 4 aromatic rings. The van der Waals surface area contributed by atoms with Crippen LogP contribution in [0.1, 0.15) is 31.8 Å². The number of anilines is 1. The molecule has 1 aromatic heterocycles. The average Bonchev–Trinajstić information content (AvgIpc) is 2.78. The molecule has 0 atom stereocenters. The number of amides is 2. The molecule has 154 valence electrons. The van der Waals surface area contributed by atoms with Crippen LogP contribution in [0.15, 0.2) is 72.8 Å². The topological polar surface area (TPSA) is 71.1 Å². The zero-order valence-corrected chi connectivity index (χ0v) is 17.7. The van der Waals surface area contributed by atoms with Crippen LogP contribution in [0, 0.1) is 13.8 Å². The fourth-order valence-electron chi connectivity index (χ4n) is 3.65. The van der Waals surface area contributed by atoms with Crippen molar-refractivity contribution in [3.63, 3.8) is 0 Å². The normalized spacial score (nSPS) is 10.7. The number of nitrogens with zero attached hydrogens (tertiary/aromatic N) is 1. The Balaban J connectivity index is 1.73. The fraction of sp³-hybridized carbons (Fsp3) is 0.115. The number of fused-ring (bicyclic) bond motifs is 1. The highest BCUT2D eigenvalue weighted by molar-refractivity contribution is 6.13. The predicted octanol–water partition coefficient (Wildman–Crippen LogP) is 5.13. The molecule has 5 heteroatoms. The van der Waals surface area contributed by atoms with E-state index in [2.05, 4.69) is 23.6 Å². The number of benzene rings is 3. The molecule has 0 aliphatic carbocycles. The van der Waals surface area contributed by atoms with Crippen molar-refractivity contribution in [3.8, 4) is 11.3 Å². The minimum atomic E-state index is -0.225. The van der Waals surface area contributed by atoms with Gasteiger partial charge < -0.3 is 10.6 Å². The first-order valence-electron chi connectivity index (χ1n) is 10.1. The Hall–Kier alpha value is -3.99. The largest absolute Gasteiger partial charge is 0.355 e. The van der Waals surface area contributed by atoms with E-state index in [0.29, 0.717) is 16.8 Å². The van der Waals surface area contributed by atoms with Gasteiger partial charge in [0.2, 0.25) is 0 Å². The van der Waals surface area contributed by atoms with Crippen molar-refractivity contribution >= 4 is 28.4 Å². The maximum absolute atomic E-state index is 13.2. The Bertz CT molecular complexity index is 1290. The van der Waals surface area contributed by atoms with Crippen LogP contribution >= 0.6 is 0 Å². The van der Waals surface area contributed by atoms with Crippen LogP contribution in [0.4, 0.5) is 5.69 Å². The summed E-state index contributed by atoms with van der Waals surface area (Å²) in [6.07, 6.45) is 0. The lowest BCUT2D eigenvalue weighted by atomic mass is 9.99. The van der Waals surface area contributed by atoms with E-state index in [0.717, 1.165) is 27.7 Å². The summed E-state index contributed by atoms with van der Waals surface area (Å²) in [4.78, 5) is 29.7. The summed E-state index contributed by atoms with van der Waals surface area (Å²) in [5.41, 5.74) is 6.52. The summed E-state index contributed by atoms with van der Waals surface area (Å²) in [6, 6.07) is 22.5. The van der Waals surface area contributed by atoms with E-state index in [4.69, 9.17) is 4.98 Å². The maximum atomic E-state index is 13.2. The van der Waals surface area contributed by atoms with E-state index < -0.39 is 0 Å². The van der Waals surface area contributed by atoms with Crippen molar-refractivity contribution in [2.24, 2.45) is 0 Å². The molecule has 0 fully saturated rings. The van der Waals surface area contributed by atoms with E-state index in [1.807, 2.05) is 49.4 Å². The average molecular weight is 409 g/mol. The Labute approximate surface area is 181 Å². The van der Waals surface area contributed by atoms with Crippen LogP contribution in [0.25, 0.3) is 22.2 Å². The summed E-state index contributed by atoms with van der Waals surface area (Å²) < 4.78 is 0. The molecular formula is C26H23N3O2. The van der Waals surface area contributed by atoms with Crippen molar-refractivity contribution in [1.29, 1.82) is 0 Å². The monoisotopic (exact) mass is 409 g/mol. The Morgan fingerprint density at radius 1 is 0.839 bits per heavy atom. The number of aromatic nitrogens is 1. The standard InChI is InChI=1S/C26H23N3O2/c1-16-8-13-20(17(2)14-16)24-15-22(21-6-4-5-7-23(21)29-24)26(31)28-19-11-9-18(10-12-19)25(30)27-3/h4-15H,1-3H3,(H,27,30)(H,28,31). The maximum Gasteiger partial charge on any atom is 0.256 e. The number of nitrogens with one attached hydrogen (secondary N) is 2. The second-order valence-corrected chi connectivity index (χ2v) is 7.50. The number of carbonyl (C=O) groups is 2. The van der Waals surface area contributed by atoms with Crippen LogP contribution in [0.2, 0.25) is 0 Å². The first-order chi connectivity index (χ1) is 15.0. The molecule has 1 heterocycles. The van der Waals surface area contributed by atoms with Crippen molar-refractivity contribution in [1.82, 2.24) is 10.3 Å². The Kier molecular flexibility index (Phi) is 5.50. The molecule has 0 radical (unpaired) electrons. The number of aryl methyl sites for hydroxylation is 2. The number of rotatable bonds is 4. The van der Waals surface area contributed by atoms with Gasteiger partial charge in [0.1, 0.15) is 0 Å². The highest BCUT2D eigenvalue weighted by Gasteiger charge is 2.15. The van der Waals surface area contributed by atoms with E-state index >= 15 is 0 Å². The highest BCUT2D eigenvalue weighted by Crippen LogP contribution is 2.28. The number of carbonyl (C=O) groups excluding carboxylic acids is 2. The lowest BCUT2D eigenvalue weighted by molar-refractivity contribution is 0.0962. The second-order valence-electron chi connectivity index (χ2n) is 7.50. The minimum Gasteiger partial charge on any atom is -0.355 e. The van der Waals surface area contributed by atoms with Crippen molar-refractivity contribution in [3.05, 3.63) is 95.1 Å². The van der Waals surface area contributed by atoms with Gasteiger partial charge >= 0.3 is 0 Å². The molecular weight excluding hydrogens is 386 g/mol. The quantitative estimate of drug-likeness (QED) is 0.491. The molecule has 0 aliphatic rings. The molecule has 4 rings (SSSR count). The first kappa shape index (κ1) is 20.3. The van der Waals surface area contributed by atoms with Gasteiger partial charge in [-0.05, 0) is 55.8 Å². The number of pyridine rings is 1. The van der Waals surface area contributed by atoms with E-state index in [9.17, 15) is 9.59 Å². The molecule has 2 N–H and O–H groups in total. The lowest BCUT2D eigenvalue weighted by Gasteiger charge is -2.12. The van der Waals surface area contributed by atoms with Gasteiger partial charge in [0, 0.05) is 29.2 Å². The zero-order valence-electron chi connectivity index (χ0n) is 17.7. The van der Waals surface area contributed by atoms with Crippen LogP contribution in [-0.4, -0.2) is 23.8 Å². The predicted molar refractivity (Wildman–Crippen MR) is 124 cm³/mol. The molecule has 0 saturated carbocycles.